The number of aromatic nitrogens is 1. The van der Waals surface area contributed by atoms with Crippen molar-refractivity contribution in [3.63, 3.8) is 0 Å². The lowest BCUT2D eigenvalue weighted by atomic mass is 10.2. The van der Waals surface area contributed by atoms with Crippen LogP contribution in [0, 0.1) is 6.92 Å². The van der Waals surface area contributed by atoms with Gasteiger partial charge in [-0.05, 0) is 31.0 Å². The summed E-state index contributed by atoms with van der Waals surface area (Å²) in [5, 5.41) is 0. The summed E-state index contributed by atoms with van der Waals surface area (Å²) < 4.78 is 27.6. The summed E-state index contributed by atoms with van der Waals surface area (Å²) in [7, 11) is -3.34. The Morgan fingerprint density at radius 3 is 2.87 bits per heavy atom. The Morgan fingerprint density at radius 1 is 1.26 bits per heavy atom. The van der Waals surface area contributed by atoms with Crippen LogP contribution in [0.25, 0.3) is 0 Å². The van der Waals surface area contributed by atoms with Crippen LogP contribution in [0.15, 0.2) is 48.7 Å². The summed E-state index contributed by atoms with van der Waals surface area (Å²) in [4.78, 5) is 6.43. The second-order valence-electron chi connectivity index (χ2n) is 5.99. The average Bonchev–Trinajstić information content (AvgIpc) is 2.95. The highest BCUT2D eigenvalue weighted by atomic mass is 32.2. The molecule has 1 N–H and O–H groups in total. The first-order valence-electron chi connectivity index (χ1n) is 7.73. The second kappa shape index (κ2) is 6.68. The Balaban J connectivity index is 1.61. The summed E-state index contributed by atoms with van der Waals surface area (Å²) in [6, 6.07) is 13.3. The van der Waals surface area contributed by atoms with Gasteiger partial charge in [-0.25, -0.2) is 18.1 Å². The van der Waals surface area contributed by atoms with Crippen LogP contribution >= 0.6 is 0 Å². The van der Waals surface area contributed by atoms with Crippen LogP contribution in [0.3, 0.4) is 0 Å². The van der Waals surface area contributed by atoms with Crippen LogP contribution in [0.4, 0.5) is 5.82 Å². The van der Waals surface area contributed by atoms with E-state index in [1.807, 2.05) is 49.4 Å². The zero-order chi connectivity index (χ0) is 16.3. The van der Waals surface area contributed by atoms with E-state index in [1.54, 1.807) is 6.20 Å². The molecule has 23 heavy (non-hydrogen) atoms. The predicted molar refractivity (Wildman–Crippen MR) is 91.8 cm³/mol. The fourth-order valence-corrected chi connectivity index (χ4v) is 4.32. The van der Waals surface area contributed by atoms with E-state index < -0.39 is 10.0 Å². The molecule has 5 nitrogen and oxygen atoms in total. The lowest BCUT2D eigenvalue weighted by Crippen LogP contribution is -2.37. The van der Waals surface area contributed by atoms with Crippen LogP contribution in [0.1, 0.15) is 17.5 Å². The van der Waals surface area contributed by atoms with Gasteiger partial charge >= 0.3 is 0 Å². The third kappa shape index (κ3) is 4.30. The average molecular weight is 331 g/mol. The molecule has 3 rings (SSSR count). The Kier molecular flexibility index (Phi) is 4.63. The molecule has 1 aliphatic rings. The molecule has 1 atom stereocenters. The maximum atomic E-state index is 12.4. The maximum absolute atomic E-state index is 12.4. The van der Waals surface area contributed by atoms with Gasteiger partial charge in [-0.1, -0.05) is 35.9 Å². The Bertz CT molecular complexity index is 762. The van der Waals surface area contributed by atoms with E-state index in [2.05, 4.69) is 14.6 Å². The molecule has 1 saturated heterocycles. The summed E-state index contributed by atoms with van der Waals surface area (Å²) in [5.41, 5.74) is 1.89. The molecule has 0 amide bonds. The summed E-state index contributed by atoms with van der Waals surface area (Å²) >= 11 is 0. The van der Waals surface area contributed by atoms with Gasteiger partial charge in [0.1, 0.15) is 5.82 Å². The van der Waals surface area contributed by atoms with E-state index >= 15 is 0 Å². The number of sulfonamides is 1. The van der Waals surface area contributed by atoms with Gasteiger partial charge in [0.2, 0.25) is 10.0 Å². The van der Waals surface area contributed by atoms with Crippen molar-refractivity contribution in [1.82, 2.24) is 9.71 Å². The van der Waals surface area contributed by atoms with Crippen molar-refractivity contribution in [1.29, 1.82) is 0 Å². The molecule has 6 heteroatoms. The van der Waals surface area contributed by atoms with Crippen molar-refractivity contribution in [3.8, 4) is 0 Å². The normalized spacial score (nSPS) is 18.3. The molecule has 0 saturated carbocycles. The van der Waals surface area contributed by atoms with Crippen molar-refractivity contribution < 1.29 is 8.42 Å². The van der Waals surface area contributed by atoms with Crippen LogP contribution in [0.5, 0.6) is 0 Å². The highest BCUT2D eigenvalue weighted by Gasteiger charge is 2.27. The van der Waals surface area contributed by atoms with Gasteiger partial charge in [-0.2, -0.15) is 0 Å². The standard InChI is InChI=1S/C17H21N3O2S/c1-14-5-4-6-15(11-14)13-23(21,22)19-16-8-10-20(12-16)17-7-2-3-9-18-17/h2-7,9,11,16,19H,8,10,12-13H2,1H3/t16-/m0/s1. The third-order valence-electron chi connectivity index (χ3n) is 3.95. The first kappa shape index (κ1) is 16.0. The monoisotopic (exact) mass is 331 g/mol. The Hall–Kier alpha value is -1.92. The van der Waals surface area contributed by atoms with Gasteiger partial charge < -0.3 is 4.90 Å². The first-order chi connectivity index (χ1) is 11.0. The summed E-state index contributed by atoms with van der Waals surface area (Å²) in [5.74, 6) is 0.919. The van der Waals surface area contributed by atoms with E-state index in [9.17, 15) is 8.42 Å². The number of rotatable bonds is 5. The molecule has 0 spiro atoms. The van der Waals surface area contributed by atoms with Crippen LogP contribution < -0.4 is 9.62 Å². The molecule has 2 heterocycles. The smallest absolute Gasteiger partial charge is 0.216 e. The van der Waals surface area contributed by atoms with Gasteiger partial charge in [0, 0.05) is 25.3 Å². The van der Waals surface area contributed by atoms with Gasteiger partial charge in [0.25, 0.3) is 0 Å². The fraction of sp³-hybridized carbons (Fsp3) is 0.353. The second-order valence-corrected chi connectivity index (χ2v) is 7.74. The van der Waals surface area contributed by atoms with E-state index in [0.717, 1.165) is 29.9 Å². The SMILES string of the molecule is Cc1cccc(CS(=O)(=O)N[C@H]2CCN(c3ccccn3)C2)c1. The quantitative estimate of drug-likeness (QED) is 0.911. The lowest BCUT2D eigenvalue weighted by molar-refractivity contribution is 0.560. The Labute approximate surface area is 137 Å². The van der Waals surface area contributed by atoms with Crippen molar-refractivity contribution in [2.75, 3.05) is 18.0 Å². The molecular formula is C17H21N3O2S. The number of pyridine rings is 1. The maximum Gasteiger partial charge on any atom is 0.216 e. The van der Waals surface area contributed by atoms with E-state index in [1.165, 1.54) is 0 Å². The number of hydrogen-bond donors (Lipinski definition) is 1. The largest absolute Gasteiger partial charge is 0.355 e. The fourth-order valence-electron chi connectivity index (χ4n) is 2.92. The van der Waals surface area contributed by atoms with E-state index in [4.69, 9.17) is 0 Å². The van der Waals surface area contributed by atoms with Crippen molar-refractivity contribution in [2.24, 2.45) is 0 Å². The van der Waals surface area contributed by atoms with Crippen molar-refractivity contribution in [3.05, 3.63) is 59.8 Å². The topological polar surface area (TPSA) is 62.3 Å². The van der Waals surface area contributed by atoms with Gasteiger partial charge in [-0.3, -0.25) is 0 Å². The molecule has 0 unspecified atom stereocenters. The van der Waals surface area contributed by atoms with Crippen molar-refractivity contribution in [2.45, 2.75) is 25.1 Å². The molecule has 1 fully saturated rings. The van der Waals surface area contributed by atoms with Gasteiger partial charge in [0.05, 0.1) is 5.75 Å². The summed E-state index contributed by atoms with van der Waals surface area (Å²) in [6.45, 7) is 3.43. The molecule has 2 aromatic rings. The van der Waals surface area contributed by atoms with E-state index in [0.29, 0.717) is 6.54 Å². The van der Waals surface area contributed by atoms with Crippen LogP contribution in [-0.4, -0.2) is 32.5 Å². The molecular weight excluding hydrogens is 310 g/mol. The van der Waals surface area contributed by atoms with Gasteiger partial charge in [0.15, 0.2) is 0 Å². The summed E-state index contributed by atoms with van der Waals surface area (Å²) in [6.07, 6.45) is 2.55. The predicted octanol–water partition coefficient (Wildman–Crippen LogP) is 2.09. The number of hydrogen-bond acceptors (Lipinski definition) is 4. The highest BCUT2D eigenvalue weighted by molar-refractivity contribution is 7.88. The molecule has 1 aromatic heterocycles. The van der Waals surface area contributed by atoms with Crippen LogP contribution in [-0.2, 0) is 15.8 Å². The first-order valence-corrected chi connectivity index (χ1v) is 9.39. The number of anilines is 1. The highest BCUT2D eigenvalue weighted by Crippen LogP contribution is 2.18. The minimum Gasteiger partial charge on any atom is -0.355 e. The van der Waals surface area contributed by atoms with E-state index in [-0.39, 0.29) is 11.8 Å². The molecule has 122 valence electrons. The molecule has 1 aromatic carbocycles. The number of benzene rings is 1. The number of aryl methyl sites for hydroxylation is 1. The zero-order valence-corrected chi connectivity index (χ0v) is 14.0. The van der Waals surface area contributed by atoms with Crippen molar-refractivity contribution >= 4 is 15.8 Å². The number of nitrogens with zero attached hydrogens (tertiary/aromatic N) is 2. The third-order valence-corrected chi connectivity index (χ3v) is 5.35. The molecule has 1 aliphatic heterocycles. The molecule has 0 aliphatic carbocycles. The number of nitrogens with one attached hydrogen (secondary N) is 1. The zero-order valence-electron chi connectivity index (χ0n) is 13.1. The Morgan fingerprint density at radius 2 is 2.13 bits per heavy atom. The minimum absolute atomic E-state index is 0.0226. The molecule has 0 bridgehead atoms. The molecule has 0 radical (unpaired) electrons. The lowest BCUT2D eigenvalue weighted by Gasteiger charge is -2.17. The minimum atomic E-state index is -3.34. The van der Waals surface area contributed by atoms with Gasteiger partial charge in [-0.15, -0.1) is 0 Å². The van der Waals surface area contributed by atoms with Crippen LogP contribution in [0.2, 0.25) is 0 Å².